The lowest BCUT2D eigenvalue weighted by atomic mass is 10.2. The third kappa shape index (κ3) is 4.17. The summed E-state index contributed by atoms with van der Waals surface area (Å²) in [5.74, 6) is -0.801. The van der Waals surface area contributed by atoms with E-state index in [9.17, 15) is 9.18 Å². The topological polar surface area (TPSA) is 64.1 Å². The van der Waals surface area contributed by atoms with E-state index in [0.29, 0.717) is 22.6 Å². The Hall–Kier alpha value is -3.28. The Morgan fingerprint density at radius 3 is 2.68 bits per heavy atom. The molecule has 2 heterocycles. The van der Waals surface area contributed by atoms with Gasteiger partial charge in [0.15, 0.2) is 11.6 Å². The van der Waals surface area contributed by atoms with E-state index in [1.165, 1.54) is 12.1 Å². The van der Waals surface area contributed by atoms with Gasteiger partial charge in [0.25, 0.3) is 5.91 Å². The maximum atomic E-state index is 14.2. The molecule has 1 aromatic carbocycles. The third-order valence-corrected chi connectivity index (χ3v) is 3.54. The number of carbonyl (C=O) groups is 1. The summed E-state index contributed by atoms with van der Waals surface area (Å²) in [4.78, 5) is 20.4. The Morgan fingerprint density at radius 1 is 1.12 bits per heavy atom. The highest BCUT2D eigenvalue weighted by Crippen LogP contribution is 2.22. The number of rotatable bonds is 5. The largest absolute Gasteiger partial charge is 0.484 e. The lowest BCUT2D eigenvalue weighted by Gasteiger charge is -2.10. The number of hydrogen-bond acceptors (Lipinski definition) is 4. The van der Waals surface area contributed by atoms with E-state index in [4.69, 9.17) is 4.74 Å². The molecule has 1 N–H and O–H groups in total. The molecule has 3 aromatic rings. The number of aryl methyl sites for hydroxylation is 1. The zero-order valence-corrected chi connectivity index (χ0v) is 13.6. The summed E-state index contributed by atoms with van der Waals surface area (Å²) in [6.45, 7) is 1.91. The van der Waals surface area contributed by atoms with Gasteiger partial charge in [-0.25, -0.2) is 4.39 Å². The number of benzene rings is 1. The van der Waals surface area contributed by atoms with Crippen molar-refractivity contribution in [1.29, 1.82) is 0 Å². The Kier molecular flexibility index (Phi) is 4.99. The predicted molar refractivity (Wildman–Crippen MR) is 91.9 cm³/mol. The molecular weight excluding hydrogens is 321 g/mol. The van der Waals surface area contributed by atoms with Crippen LogP contribution in [0.4, 0.5) is 10.1 Å². The second-order valence-electron chi connectivity index (χ2n) is 5.35. The van der Waals surface area contributed by atoms with Crippen molar-refractivity contribution in [2.45, 2.75) is 13.5 Å². The van der Waals surface area contributed by atoms with Crippen molar-refractivity contribution in [3.05, 3.63) is 83.7 Å². The summed E-state index contributed by atoms with van der Waals surface area (Å²) in [7, 11) is 0. The van der Waals surface area contributed by atoms with Crippen LogP contribution in [0.15, 0.2) is 60.9 Å². The van der Waals surface area contributed by atoms with Crippen LogP contribution in [0.25, 0.3) is 0 Å². The van der Waals surface area contributed by atoms with E-state index in [0.717, 1.165) is 0 Å². The molecule has 1 amide bonds. The minimum absolute atomic E-state index is 0.0983. The highest BCUT2D eigenvalue weighted by molar-refractivity contribution is 6.04. The smallest absolute Gasteiger partial charge is 0.257 e. The molecule has 0 radical (unpaired) electrons. The number of halogens is 1. The highest BCUT2D eigenvalue weighted by atomic mass is 19.1. The summed E-state index contributed by atoms with van der Waals surface area (Å²) < 4.78 is 19.6. The summed E-state index contributed by atoms with van der Waals surface area (Å²) >= 11 is 0. The third-order valence-electron chi connectivity index (χ3n) is 3.54. The Bertz CT molecular complexity index is 885. The number of anilines is 1. The molecule has 0 fully saturated rings. The van der Waals surface area contributed by atoms with Crippen LogP contribution in [0.1, 0.15) is 21.7 Å². The van der Waals surface area contributed by atoms with Gasteiger partial charge in [0.1, 0.15) is 6.61 Å². The monoisotopic (exact) mass is 337 g/mol. The van der Waals surface area contributed by atoms with E-state index in [1.807, 2.05) is 6.07 Å². The summed E-state index contributed by atoms with van der Waals surface area (Å²) in [5, 5.41) is 2.65. The lowest BCUT2D eigenvalue weighted by molar-refractivity contribution is 0.102. The minimum Gasteiger partial charge on any atom is -0.484 e. The Balaban J connectivity index is 1.67. The summed E-state index contributed by atoms with van der Waals surface area (Å²) in [6, 6.07) is 13.0. The van der Waals surface area contributed by atoms with Crippen molar-refractivity contribution >= 4 is 11.6 Å². The number of aromatic nitrogens is 2. The molecule has 0 saturated carbocycles. The van der Waals surface area contributed by atoms with Gasteiger partial charge < -0.3 is 10.1 Å². The van der Waals surface area contributed by atoms with Crippen molar-refractivity contribution in [3.8, 4) is 5.75 Å². The van der Waals surface area contributed by atoms with Crippen molar-refractivity contribution in [1.82, 2.24) is 9.97 Å². The van der Waals surface area contributed by atoms with Crippen LogP contribution in [-0.2, 0) is 6.61 Å². The van der Waals surface area contributed by atoms with E-state index < -0.39 is 5.82 Å². The quantitative estimate of drug-likeness (QED) is 0.770. The molecular formula is C19H16FN3O2. The second kappa shape index (κ2) is 7.53. The van der Waals surface area contributed by atoms with E-state index in [1.54, 1.807) is 49.6 Å². The molecule has 3 rings (SSSR count). The predicted octanol–water partition coefficient (Wildman–Crippen LogP) is 3.76. The lowest BCUT2D eigenvalue weighted by Crippen LogP contribution is -2.14. The maximum Gasteiger partial charge on any atom is 0.257 e. The first-order chi connectivity index (χ1) is 12.1. The van der Waals surface area contributed by atoms with Gasteiger partial charge in [-0.15, -0.1) is 0 Å². The molecule has 0 aliphatic heterocycles. The Labute approximate surface area is 144 Å². The molecule has 25 heavy (non-hydrogen) atoms. The molecule has 0 aliphatic rings. The van der Waals surface area contributed by atoms with E-state index >= 15 is 0 Å². The van der Waals surface area contributed by atoms with Crippen LogP contribution >= 0.6 is 0 Å². The van der Waals surface area contributed by atoms with Gasteiger partial charge >= 0.3 is 0 Å². The molecule has 0 saturated heterocycles. The van der Waals surface area contributed by atoms with Crippen molar-refractivity contribution in [2.75, 3.05) is 5.32 Å². The fourth-order valence-corrected chi connectivity index (χ4v) is 2.25. The molecule has 0 bridgehead atoms. The van der Waals surface area contributed by atoms with Crippen LogP contribution < -0.4 is 10.1 Å². The molecule has 0 atom stereocenters. The second-order valence-corrected chi connectivity index (χ2v) is 5.35. The van der Waals surface area contributed by atoms with Crippen molar-refractivity contribution in [2.24, 2.45) is 0 Å². The van der Waals surface area contributed by atoms with Crippen LogP contribution in [-0.4, -0.2) is 15.9 Å². The first kappa shape index (κ1) is 16.6. The van der Waals surface area contributed by atoms with Crippen LogP contribution in [0.5, 0.6) is 5.75 Å². The highest BCUT2D eigenvalue weighted by Gasteiger charge is 2.11. The van der Waals surface area contributed by atoms with E-state index in [-0.39, 0.29) is 18.3 Å². The van der Waals surface area contributed by atoms with Gasteiger partial charge in [0, 0.05) is 29.8 Å². The SMILES string of the molecule is Cc1ncccc1C(=O)Nc1ccc(OCc2ccccn2)c(F)c1. The average molecular weight is 337 g/mol. The van der Waals surface area contributed by atoms with Gasteiger partial charge in [0.2, 0.25) is 0 Å². The molecule has 0 aliphatic carbocycles. The maximum absolute atomic E-state index is 14.2. The van der Waals surface area contributed by atoms with Gasteiger partial charge in [-0.3, -0.25) is 14.8 Å². The number of nitrogens with zero attached hydrogens (tertiary/aromatic N) is 2. The molecule has 2 aromatic heterocycles. The zero-order valence-electron chi connectivity index (χ0n) is 13.6. The number of pyridine rings is 2. The average Bonchev–Trinajstić information content (AvgIpc) is 2.62. The number of carbonyl (C=O) groups excluding carboxylic acids is 1. The summed E-state index contributed by atoms with van der Waals surface area (Å²) in [5.41, 5.74) is 2.09. The van der Waals surface area contributed by atoms with Crippen LogP contribution in [0, 0.1) is 12.7 Å². The normalized spacial score (nSPS) is 10.3. The number of amides is 1. The van der Waals surface area contributed by atoms with Gasteiger partial charge in [-0.05, 0) is 43.3 Å². The Morgan fingerprint density at radius 2 is 1.96 bits per heavy atom. The number of hydrogen-bond donors (Lipinski definition) is 1. The minimum atomic E-state index is -0.559. The van der Waals surface area contributed by atoms with Gasteiger partial charge in [-0.2, -0.15) is 0 Å². The van der Waals surface area contributed by atoms with Crippen molar-refractivity contribution < 1.29 is 13.9 Å². The molecule has 0 spiro atoms. The fraction of sp³-hybridized carbons (Fsp3) is 0.105. The fourth-order valence-electron chi connectivity index (χ4n) is 2.25. The first-order valence-corrected chi connectivity index (χ1v) is 7.69. The summed E-state index contributed by atoms with van der Waals surface area (Å²) in [6.07, 6.45) is 3.26. The van der Waals surface area contributed by atoms with Gasteiger partial charge in [-0.1, -0.05) is 6.07 Å². The standard InChI is InChI=1S/C19H16FN3O2/c1-13-16(6-4-10-21-13)19(24)23-14-7-8-18(17(20)11-14)25-12-15-5-2-3-9-22-15/h2-11H,12H2,1H3,(H,23,24). The number of ether oxygens (including phenoxy) is 1. The molecule has 5 nitrogen and oxygen atoms in total. The zero-order chi connectivity index (χ0) is 17.6. The van der Waals surface area contributed by atoms with Crippen LogP contribution in [0.3, 0.4) is 0 Å². The van der Waals surface area contributed by atoms with Crippen molar-refractivity contribution in [3.63, 3.8) is 0 Å². The van der Waals surface area contributed by atoms with E-state index in [2.05, 4.69) is 15.3 Å². The van der Waals surface area contributed by atoms with Gasteiger partial charge in [0.05, 0.1) is 11.3 Å². The number of nitrogens with one attached hydrogen (secondary N) is 1. The first-order valence-electron chi connectivity index (χ1n) is 7.69. The molecule has 6 heteroatoms. The molecule has 0 unspecified atom stereocenters. The van der Waals surface area contributed by atoms with Crippen LogP contribution in [0.2, 0.25) is 0 Å². The molecule has 126 valence electrons.